The molecule has 6 nitrogen and oxygen atoms in total. The standard InChI is InChI=1S/C17H19N3O3S/c1-19-11-16(18-13-19)24(21,22)20-10-4-8-17(12-20)9-7-14-5-2-3-6-15(14)23-17/h2-3,5-7,9,11,13H,4,8,10,12H2,1H3. The van der Waals surface area contributed by atoms with Crippen molar-refractivity contribution in [2.75, 3.05) is 13.1 Å². The first-order valence-electron chi connectivity index (χ1n) is 7.94. The lowest BCUT2D eigenvalue weighted by molar-refractivity contribution is 0.0578. The number of aromatic nitrogens is 2. The van der Waals surface area contributed by atoms with E-state index in [1.165, 1.54) is 16.8 Å². The molecule has 0 amide bonds. The van der Waals surface area contributed by atoms with Crippen LogP contribution in [0.3, 0.4) is 0 Å². The van der Waals surface area contributed by atoms with E-state index >= 15 is 0 Å². The molecule has 1 spiro atoms. The van der Waals surface area contributed by atoms with Crippen LogP contribution in [0.15, 0.2) is 47.9 Å². The summed E-state index contributed by atoms with van der Waals surface area (Å²) in [6.45, 7) is 0.788. The molecule has 0 radical (unpaired) electrons. The maximum Gasteiger partial charge on any atom is 0.262 e. The maximum absolute atomic E-state index is 12.8. The fraction of sp³-hybridized carbons (Fsp3) is 0.353. The van der Waals surface area contributed by atoms with Crippen molar-refractivity contribution in [3.05, 3.63) is 48.4 Å². The van der Waals surface area contributed by atoms with E-state index in [1.54, 1.807) is 11.6 Å². The van der Waals surface area contributed by atoms with Gasteiger partial charge in [-0.2, -0.15) is 4.31 Å². The third-order valence-electron chi connectivity index (χ3n) is 4.54. The van der Waals surface area contributed by atoms with Crippen molar-refractivity contribution >= 4 is 16.1 Å². The smallest absolute Gasteiger partial charge is 0.262 e. The SMILES string of the molecule is Cn1cnc(S(=O)(=O)N2CCCC3(C=Cc4ccccc4O3)C2)c1. The number of fused-ring (bicyclic) bond motifs is 1. The topological polar surface area (TPSA) is 64.4 Å². The maximum atomic E-state index is 12.8. The number of sulfonamides is 1. The van der Waals surface area contributed by atoms with Gasteiger partial charge in [-0.15, -0.1) is 0 Å². The quantitative estimate of drug-likeness (QED) is 0.836. The zero-order valence-corrected chi connectivity index (χ0v) is 14.2. The van der Waals surface area contributed by atoms with Crippen LogP contribution in [-0.2, 0) is 17.1 Å². The molecule has 2 aliphatic rings. The Labute approximate surface area is 141 Å². The summed E-state index contributed by atoms with van der Waals surface area (Å²) in [5.41, 5.74) is 0.418. The second kappa shape index (κ2) is 5.46. The third kappa shape index (κ3) is 2.53. The lowest BCUT2D eigenvalue weighted by Gasteiger charge is -2.41. The molecule has 1 unspecified atom stereocenters. The second-order valence-electron chi connectivity index (χ2n) is 6.36. The molecule has 7 heteroatoms. The van der Waals surface area contributed by atoms with E-state index in [4.69, 9.17) is 4.74 Å². The number of imidazole rings is 1. The van der Waals surface area contributed by atoms with Crippen LogP contribution in [-0.4, -0.2) is 41.0 Å². The van der Waals surface area contributed by atoms with Crippen molar-refractivity contribution < 1.29 is 13.2 Å². The van der Waals surface area contributed by atoms with Gasteiger partial charge < -0.3 is 9.30 Å². The molecule has 1 fully saturated rings. The number of rotatable bonds is 2. The molecule has 0 N–H and O–H groups in total. The Morgan fingerprint density at radius 3 is 2.92 bits per heavy atom. The number of hydrogen-bond donors (Lipinski definition) is 0. The lowest BCUT2D eigenvalue weighted by Crippen LogP contribution is -2.53. The van der Waals surface area contributed by atoms with E-state index in [9.17, 15) is 8.42 Å². The van der Waals surface area contributed by atoms with Crippen LogP contribution in [0.4, 0.5) is 0 Å². The van der Waals surface area contributed by atoms with Gasteiger partial charge in [-0.25, -0.2) is 13.4 Å². The molecule has 1 aromatic heterocycles. The average Bonchev–Trinajstić information content (AvgIpc) is 3.02. The fourth-order valence-corrected chi connectivity index (χ4v) is 4.80. The Morgan fingerprint density at radius 1 is 1.29 bits per heavy atom. The molecule has 1 atom stereocenters. The molecule has 4 rings (SSSR count). The Kier molecular flexibility index (Phi) is 3.51. The monoisotopic (exact) mass is 345 g/mol. The number of para-hydroxylation sites is 1. The Morgan fingerprint density at radius 2 is 2.12 bits per heavy atom. The van der Waals surface area contributed by atoms with Gasteiger partial charge in [0.2, 0.25) is 0 Å². The number of nitrogens with zero attached hydrogens (tertiary/aromatic N) is 3. The Bertz CT molecular complexity index is 903. The minimum Gasteiger partial charge on any atom is -0.481 e. The molecule has 3 heterocycles. The third-order valence-corrected chi connectivity index (χ3v) is 6.27. The average molecular weight is 345 g/mol. The normalized spacial score (nSPS) is 23.9. The highest BCUT2D eigenvalue weighted by Crippen LogP contribution is 2.37. The van der Waals surface area contributed by atoms with Crippen molar-refractivity contribution in [3.8, 4) is 5.75 Å². The van der Waals surface area contributed by atoms with Gasteiger partial charge in [0.25, 0.3) is 10.0 Å². The molecular weight excluding hydrogens is 326 g/mol. The largest absolute Gasteiger partial charge is 0.481 e. The van der Waals surface area contributed by atoms with Gasteiger partial charge in [0.1, 0.15) is 11.4 Å². The van der Waals surface area contributed by atoms with Crippen molar-refractivity contribution in [1.29, 1.82) is 0 Å². The first kappa shape index (κ1) is 15.4. The van der Waals surface area contributed by atoms with Crippen molar-refractivity contribution in [1.82, 2.24) is 13.9 Å². The molecule has 2 aromatic rings. The highest BCUT2D eigenvalue weighted by atomic mass is 32.2. The van der Waals surface area contributed by atoms with E-state index in [1.807, 2.05) is 36.4 Å². The van der Waals surface area contributed by atoms with Gasteiger partial charge in [0.05, 0.1) is 12.9 Å². The van der Waals surface area contributed by atoms with Crippen LogP contribution in [0.1, 0.15) is 18.4 Å². The van der Waals surface area contributed by atoms with E-state index in [0.717, 1.165) is 24.2 Å². The minimum atomic E-state index is -3.61. The molecule has 0 aliphatic carbocycles. The summed E-state index contributed by atoms with van der Waals surface area (Å²) in [7, 11) is -1.85. The molecule has 2 aliphatic heterocycles. The van der Waals surface area contributed by atoms with Gasteiger partial charge in [0.15, 0.2) is 5.03 Å². The molecule has 1 saturated heterocycles. The molecule has 1 aromatic carbocycles. The predicted octanol–water partition coefficient (Wildman–Crippen LogP) is 2.05. The summed E-state index contributed by atoms with van der Waals surface area (Å²) < 4.78 is 35.0. The van der Waals surface area contributed by atoms with Gasteiger partial charge in [-0.05, 0) is 25.0 Å². The summed E-state index contributed by atoms with van der Waals surface area (Å²) in [6, 6.07) is 7.80. The van der Waals surface area contributed by atoms with Crippen LogP contribution in [0.25, 0.3) is 6.08 Å². The van der Waals surface area contributed by atoms with Crippen LogP contribution in [0.2, 0.25) is 0 Å². The number of hydrogen-bond acceptors (Lipinski definition) is 4. The first-order chi connectivity index (χ1) is 11.5. The number of piperidine rings is 1. The van der Waals surface area contributed by atoms with E-state index in [2.05, 4.69) is 4.98 Å². The summed E-state index contributed by atoms with van der Waals surface area (Å²) in [6.07, 6.45) is 8.60. The van der Waals surface area contributed by atoms with E-state index in [0.29, 0.717) is 13.1 Å². The number of aryl methyl sites for hydroxylation is 1. The minimum absolute atomic E-state index is 0.0854. The van der Waals surface area contributed by atoms with Crippen LogP contribution >= 0.6 is 0 Å². The van der Waals surface area contributed by atoms with Crippen molar-refractivity contribution in [2.24, 2.45) is 7.05 Å². The van der Waals surface area contributed by atoms with Crippen LogP contribution in [0, 0.1) is 0 Å². The Balaban J connectivity index is 1.63. The molecule has 0 bridgehead atoms. The van der Waals surface area contributed by atoms with Gasteiger partial charge >= 0.3 is 0 Å². The second-order valence-corrected chi connectivity index (χ2v) is 8.24. The van der Waals surface area contributed by atoms with Gasteiger partial charge in [-0.3, -0.25) is 0 Å². The first-order valence-corrected chi connectivity index (χ1v) is 9.38. The lowest BCUT2D eigenvalue weighted by atomic mass is 9.90. The predicted molar refractivity (Wildman–Crippen MR) is 90.0 cm³/mol. The molecular formula is C17H19N3O3S. The summed E-state index contributed by atoms with van der Waals surface area (Å²) in [4.78, 5) is 4.01. The summed E-state index contributed by atoms with van der Waals surface area (Å²) in [5, 5.41) is 0.0854. The van der Waals surface area contributed by atoms with Crippen LogP contribution < -0.4 is 4.74 Å². The van der Waals surface area contributed by atoms with Gasteiger partial charge in [0, 0.05) is 25.4 Å². The zero-order valence-electron chi connectivity index (χ0n) is 13.4. The molecule has 0 saturated carbocycles. The summed E-state index contributed by atoms with van der Waals surface area (Å²) in [5.74, 6) is 0.803. The molecule has 24 heavy (non-hydrogen) atoms. The molecule has 126 valence electrons. The number of ether oxygens (including phenoxy) is 1. The highest BCUT2D eigenvalue weighted by Gasteiger charge is 2.42. The van der Waals surface area contributed by atoms with E-state index < -0.39 is 15.6 Å². The highest BCUT2D eigenvalue weighted by molar-refractivity contribution is 7.89. The zero-order chi connectivity index (χ0) is 16.8. The van der Waals surface area contributed by atoms with Crippen molar-refractivity contribution in [3.63, 3.8) is 0 Å². The Hall–Kier alpha value is -2.12. The summed E-state index contributed by atoms with van der Waals surface area (Å²) >= 11 is 0. The van der Waals surface area contributed by atoms with Gasteiger partial charge in [-0.1, -0.05) is 24.3 Å². The van der Waals surface area contributed by atoms with Crippen molar-refractivity contribution in [2.45, 2.75) is 23.5 Å². The number of benzene rings is 1. The van der Waals surface area contributed by atoms with E-state index in [-0.39, 0.29) is 5.03 Å². The van der Waals surface area contributed by atoms with Crippen LogP contribution in [0.5, 0.6) is 5.75 Å². The fourth-order valence-electron chi connectivity index (χ4n) is 3.30.